The predicted molar refractivity (Wildman–Crippen MR) is 118 cm³/mol. The van der Waals surface area contributed by atoms with Crippen LogP contribution in [0.25, 0.3) is 5.82 Å². The Morgan fingerprint density at radius 1 is 1.21 bits per heavy atom. The smallest absolute Gasteiger partial charge is 0.274 e. The molecule has 2 heterocycles. The van der Waals surface area contributed by atoms with E-state index in [0.29, 0.717) is 37.6 Å². The molecule has 2 aromatic heterocycles. The van der Waals surface area contributed by atoms with Crippen LogP contribution in [-0.4, -0.2) is 26.5 Å². The highest BCUT2D eigenvalue weighted by atomic mass is 79.9. The number of pyridine rings is 1. The van der Waals surface area contributed by atoms with Gasteiger partial charge in [-0.1, -0.05) is 34.5 Å². The lowest BCUT2D eigenvalue weighted by Gasteiger charge is -2.14. The number of aromatic nitrogens is 3. The van der Waals surface area contributed by atoms with Crippen molar-refractivity contribution in [3.8, 4) is 5.82 Å². The minimum absolute atomic E-state index is 0.0974. The zero-order valence-electron chi connectivity index (χ0n) is 14.3. The summed E-state index contributed by atoms with van der Waals surface area (Å²) in [6.07, 6.45) is 1.86. The van der Waals surface area contributed by atoms with Gasteiger partial charge in [0.1, 0.15) is 10.3 Å². The van der Waals surface area contributed by atoms with E-state index in [1.165, 1.54) is 4.68 Å². The molecule has 0 radical (unpaired) electrons. The molecular weight excluding hydrogens is 579 g/mol. The Morgan fingerprint density at radius 2 is 1.96 bits per heavy atom. The lowest BCUT2D eigenvalue weighted by atomic mass is 10.1. The highest BCUT2D eigenvalue weighted by Crippen LogP contribution is 2.32. The largest absolute Gasteiger partial charge is 0.319 e. The third-order valence-electron chi connectivity index (χ3n) is 3.77. The van der Waals surface area contributed by atoms with Gasteiger partial charge in [-0.15, -0.1) is 0 Å². The van der Waals surface area contributed by atoms with Gasteiger partial charge in [0, 0.05) is 33.2 Å². The molecule has 144 valence electrons. The van der Waals surface area contributed by atoms with Crippen LogP contribution in [0.2, 0.25) is 5.02 Å². The molecule has 0 aliphatic rings. The minimum atomic E-state index is -0.465. The molecule has 28 heavy (non-hydrogen) atoms. The monoisotopic (exact) mass is 588 g/mol. The van der Waals surface area contributed by atoms with E-state index in [9.17, 15) is 9.59 Å². The number of hydrogen-bond acceptors (Lipinski definition) is 4. The van der Waals surface area contributed by atoms with Crippen LogP contribution in [-0.2, 0) is 0 Å². The number of rotatable bonds is 5. The molecule has 3 rings (SSSR count). The molecule has 0 spiro atoms. The number of anilines is 1. The second-order valence-corrected chi connectivity index (χ2v) is 8.60. The number of amides is 1. The number of ketones is 1. The van der Waals surface area contributed by atoms with E-state index >= 15 is 0 Å². The lowest BCUT2D eigenvalue weighted by Crippen LogP contribution is -2.19. The van der Waals surface area contributed by atoms with Crippen LogP contribution in [0.15, 0.2) is 50.1 Å². The van der Waals surface area contributed by atoms with E-state index in [-0.39, 0.29) is 11.5 Å². The van der Waals surface area contributed by atoms with E-state index in [0.717, 1.165) is 4.47 Å². The van der Waals surface area contributed by atoms with E-state index in [2.05, 4.69) is 63.2 Å². The fraction of sp³-hybridized carbons (Fsp3) is 0.111. The Hall–Kier alpha value is -1.55. The average Bonchev–Trinajstić information content (AvgIpc) is 3.05. The van der Waals surface area contributed by atoms with Gasteiger partial charge >= 0.3 is 0 Å². The van der Waals surface area contributed by atoms with Crippen molar-refractivity contribution in [2.24, 2.45) is 0 Å². The van der Waals surface area contributed by atoms with Gasteiger partial charge in [-0.05, 0) is 56.1 Å². The molecule has 0 saturated heterocycles. The summed E-state index contributed by atoms with van der Waals surface area (Å²) in [4.78, 5) is 29.6. The van der Waals surface area contributed by atoms with Gasteiger partial charge < -0.3 is 5.32 Å². The molecular formula is C18H12Br3ClN4O2. The normalized spacial score (nSPS) is 10.8. The molecule has 1 amide bonds. The third kappa shape index (κ3) is 4.37. The molecule has 0 atom stereocenters. The number of halogens is 4. The zero-order valence-corrected chi connectivity index (χ0v) is 19.9. The van der Waals surface area contributed by atoms with Gasteiger partial charge in [0.15, 0.2) is 11.6 Å². The van der Waals surface area contributed by atoms with Crippen LogP contribution in [0.3, 0.4) is 0 Å². The molecule has 10 heteroatoms. The van der Waals surface area contributed by atoms with Gasteiger partial charge in [-0.25, -0.2) is 9.67 Å². The van der Waals surface area contributed by atoms with E-state index in [1.807, 2.05) is 0 Å². The fourth-order valence-electron chi connectivity index (χ4n) is 2.50. The Kier molecular flexibility index (Phi) is 6.69. The van der Waals surface area contributed by atoms with Crippen LogP contribution in [0.5, 0.6) is 0 Å². The number of nitrogens with one attached hydrogen (secondary N) is 1. The first-order valence-corrected chi connectivity index (χ1v) is 10.8. The summed E-state index contributed by atoms with van der Waals surface area (Å²) in [6.45, 7) is 1.76. The SMILES string of the molecule is CCC(=O)c1cc(Br)cc(Br)c1NC(=O)c1cc(Br)nn1-c1ncccc1Cl. The molecule has 0 fully saturated rings. The number of nitrogens with zero attached hydrogens (tertiary/aromatic N) is 3. The first-order chi connectivity index (χ1) is 13.3. The van der Waals surface area contributed by atoms with Crippen LogP contribution >= 0.6 is 59.4 Å². The van der Waals surface area contributed by atoms with Crippen molar-refractivity contribution in [3.63, 3.8) is 0 Å². The molecule has 1 aromatic carbocycles. The second kappa shape index (κ2) is 8.86. The van der Waals surface area contributed by atoms with Gasteiger partial charge in [0.05, 0.1) is 10.7 Å². The van der Waals surface area contributed by atoms with Crippen molar-refractivity contribution in [2.75, 3.05) is 5.32 Å². The Bertz CT molecular complexity index is 1080. The molecule has 0 aliphatic carbocycles. The Labute approximate surface area is 191 Å². The van der Waals surface area contributed by atoms with E-state index in [1.54, 1.807) is 43.5 Å². The molecule has 0 unspecified atom stereocenters. The van der Waals surface area contributed by atoms with E-state index < -0.39 is 5.91 Å². The number of hydrogen-bond donors (Lipinski definition) is 1. The first-order valence-electron chi connectivity index (χ1n) is 8.01. The van der Waals surface area contributed by atoms with Crippen molar-refractivity contribution in [1.82, 2.24) is 14.8 Å². The summed E-state index contributed by atoms with van der Waals surface area (Å²) in [6, 6.07) is 8.32. The van der Waals surface area contributed by atoms with Crippen LogP contribution in [0.4, 0.5) is 5.69 Å². The van der Waals surface area contributed by atoms with E-state index in [4.69, 9.17) is 11.6 Å². The van der Waals surface area contributed by atoms with Crippen molar-refractivity contribution < 1.29 is 9.59 Å². The van der Waals surface area contributed by atoms with Crippen molar-refractivity contribution >= 4 is 76.8 Å². The summed E-state index contributed by atoms with van der Waals surface area (Å²) in [5, 5.41) is 7.40. The summed E-state index contributed by atoms with van der Waals surface area (Å²) in [5.74, 6) is -0.243. The topological polar surface area (TPSA) is 76.9 Å². The van der Waals surface area contributed by atoms with Crippen molar-refractivity contribution in [1.29, 1.82) is 0 Å². The maximum atomic E-state index is 13.0. The number of carbonyl (C=O) groups excluding carboxylic acids is 2. The molecule has 0 bridgehead atoms. The van der Waals surface area contributed by atoms with Crippen LogP contribution in [0, 0.1) is 0 Å². The predicted octanol–water partition coefficient (Wildman–Crippen LogP) is 6.05. The number of benzene rings is 1. The molecule has 1 N–H and O–H groups in total. The molecule has 6 nitrogen and oxygen atoms in total. The van der Waals surface area contributed by atoms with Crippen molar-refractivity contribution in [3.05, 3.63) is 66.4 Å². The van der Waals surface area contributed by atoms with Gasteiger partial charge in [0.2, 0.25) is 0 Å². The summed E-state index contributed by atoms with van der Waals surface area (Å²) < 4.78 is 3.09. The van der Waals surface area contributed by atoms with Gasteiger partial charge in [0.25, 0.3) is 5.91 Å². The second-order valence-electron chi connectivity index (χ2n) is 5.61. The summed E-state index contributed by atoms with van der Waals surface area (Å²) in [7, 11) is 0. The third-order valence-corrected chi connectivity index (χ3v) is 5.53. The average molecular weight is 591 g/mol. The van der Waals surface area contributed by atoms with Crippen molar-refractivity contribution in [2.45, 2.75) is 13.3 Å². The fourth-order valence-corrected chi connectivity index (χ4v) is 4.40. The standard InChI is InChI=1S/C18H12Br3ClN4O2/c1-2-14(27)10-6-9(19)7-11(20)16(10)24-18(28)13-8-15(21)25-26(13)17-12(22)4-3-5-23-17/h3-8H,2H2,1H3,(H,24,28). The molecule has 3 aromatic rings. The number of Topliss-reactive ketones (excluding diaryl/α,β-unsaturated/α-hetero) is 1. The maximum absolute atomic E-state index is 13.0. The van der Waals surface area contributed by atoms with Gasteiger partial charge in [-0.2, -0.15) is 5.10 Å². The highest BCUT2D eigenvalue weighted by molar-refractivity contribution is 9.11. The Morgan fingerprint density at radius 3 is 2.64 bits per heavy atom. The summed E-state index contributed by atoms with van der Waals surface area (Å²) in [5.41, 5.74) is 0.992. The van der Waals surface area contributed by atoms with Crippen LogP contribution < -0.4 is 5.32 Å². The molecule has 0 aliphatic heterocycles. The Balaban J connectivity index is 2.05. The van der Waals surface area contributed by atoms with Crippen LogP contribution in [0.1, 0.15) is 34.2 Å². The molecule has 0 saturated carbocycles. The number of carbonyl (C=O) groups is 2. The first kappa shape index (κ1) is 21.2. The minimum Gasteiger partial charge on any atom is -0.319 e. The van der Waals surface area contributed by atoms with Gasteiger partial charge in [-0.3, -0.25) is 9.59 Å². The zero-order chi connectivity index (χ0) is 20.4. The summed E-state index contributed by atoms with van der Waals surface area (Å²) >= 11 is 16.3. The maximum Gasteiger partial charge on any atom is 0.274 e. The lowest BCUT2D eigenvalue weighted by molar-refractivity contribution is 0.0989. The highest BCUT2D eigenvalue weighted by Gasteiger charge is 2.22. The quantitative estimate of drug-likeness (QED) is 0.367.